The molecule has 2 atom stereocenters. The van der Waals surface area contributed by atoms with E-state index in [4.69, 9.17) is 5.73 Å². The first kappa shape index (κ1) is 12.0. The van der Waals surface area contributed by atoms with E-state index < -0.39 is 0 Å². The van der Waals surface area contributed by atoms with Crippen molar-refractivity contribution in [2.75, 3.05) is 18.8 Å². The summed E-state index contributed by atoms with van der Waals surface area (Å²) in [6.45, 7) is 3.66. The Kier molecular flexibility index (Phi) is 3.55. The Balaban J connectivity index is 1.61. The first-order valence-electron chi connectivity index (χ1n) is 7.38. The van der Waals surface area contributed by atoms with Gasteiger partial charge in [0.2, 0.25) is 0 Å². The second-order valence-corrected chi connectivity index (χ2v) is 6.07. The fourth-order valence-corrected chi connectivity index (χ4v) is 3.77. The fourth-order valence-electron chi connectivity index (χ4n) is 3.77. The van der Waals surface area contributed by atoms with Crippen LogP contribution >= 0.6 is 0 Å². The average Bonchev–Trinajstić information content (AvgIpc) is 2.39. The standard InChI is InChI=1S/C16H24N2/c17-16-7-3-4-13(10-16)11-18-9-8-14-5-1-2-6-15(14)12-18/h3-4,7,10,14-15H,1-2,5-6,8-9,11-12,17H2. The molecule has 3 rings (SSSR count). The summed E-state index contributed by atoms with van der Waals surface area (Å²) in [6, 6.07) is 8.35. The van der Waals surface area contributed by atoms with E-state index in [0.717, 1.165) is 24.1 Å². The zero-order chi connectivity index (χ0) is 12.4. The Bertz CT molecular complexity index is 402. The molecule has 2 fully saturated rings. The lowest BCUT2D eigenvalue weighted by atomic mass is 9.75. The minimum absolute atomic E-state index is 0.889. The highest BCUT2D eigenvalue weighted by Gasteiger charge is 2.30. The molecule has 2 heteroatoms. The first-order chi connectivity index (χ1) is 8.81. The Morgan fingerprint density at radius 3 is 2.78 bits per heavy atom. The van der Waals surface area contributed by atoms with Gasteiger partial charge < -0.3 is 5.73 Å². The summed E-state index contributed by atoms with van der Waals surface area (Å²) < 4.78 is 0. The van der Waals surface area contributed by atoms with E-state index in [9.17, 15) is 0 Å². The van der Waals surface area contributed by atoms with E-state index in [2.05, 4.69) is 23.1 Å². The fraction of sp³-hybridized carbons (Fsp3) is 0.625. The van der Waals surface area contributed by atoms with Gasteiger partial charge in [-0.05, 0) is 48.9 Å². The number of nitrogens with zero attached hydrogens (tertiary/aromatic N) is 1. The van der Waals surface area contributed by atoms with E-state index in [0.29, 0.717) is 0 Å². The maximum absolute atomic E-state index is 5.85. The second-order valence-electron chi connectivity index (χ2n) is 6.07. The van der Waals surface area contributed by atoms with Crippen LogP contribution in [0.15, 0.2) is 24.3 Å². The van der Waals surface area contributed by atoms with Crippen LogP contribution in [0, 0.1) is 11.8 Å². The molecule has 0 bridgehead atoms. The highest BCUT2D eigenvalue weighted by Crippen LogP contribution is 2.36. The number of likely N-dealkylation sites (tertiary alicyclic amines) is 1. The molecular weight excluding hydrogens is 220 g/mol. The Morgan fingerprint density at radius 1 is 1.11 bits per heavy atom. The monoisotopic (exact) mass is 244 g/mol. The predicted molar refractivity (Wildman–Crippen MR) is 76.2 cm³/mol. The number of anilines is 1. The number of nitrogen functional groups attached to an aromatic ring is 1. The van der Waals surface area contributed by atoms with Crippen LogP contribution < -0.4 is 5.73 Å². The van der Waals surface area contributed by atoms with Crippen LogP contribution in [-0.4, -0.2) is 18.0 Å². The molecule has 1 heterocycles. The van der Waals surface area contributed by atoms with E-state index in [1.165, 1.54) is 50.8 Å². The van der Waals surface area contributed by atoms with Crippen molar-refractivity contribution in [1.29, 1.82) is 0 Å². The van der Waals surface area contributed by atoms with Crippen molar-refractivity contribution >= 4 is 5.69 Å². The number of fused-ring (bicyclic) bond motifs is 1. The predicted octanol–water partition coefficient (Wildman–Crippen LogP) is 3.28. The van der Waals surface area contributed by atoms with E-state index >= 15 is 0 Å². The third kappa shape index (κ3) is 2.69. The zero-order valence-electron chi connectivity index (χ0n) is 11.1. The normalized spacial score (nSPS) is 28.9. The molecule has 0 aromatic heterocycles. The van der Waals surface area contributed by atoms with Crippen LogP contribution in [0.1, 0.15) is 37.7 Å². The Hall–Kier alpha value is -1.02. The van der Waals surface area contributed by atoms with Gasteiger partial charge in [0.25, 0.3) is 0 Å². The first-order valence-corrected chi connectivity index (χ1v) is 7.38. The van der Waals surface area contributed by atoms with Crippen molar-refractivity contribution in [3.05, 3.63) is 29.8 Å². The summed E-state index contributed by atoms with van der Waals surface area (Å²) in [7, 11) is 0. The maximum atomic E-state index is 5.85. The molecule has 1 saturated heterocycles. The summed E-state index contributed by atoms with van der Waals surface area (Å²) in [5.74, 6) is 1.99. The molecule has 1 aliphatic carbocycles. The number of rotatable bonds is 2. The summed E-state index contributed by atoms with van der Waals surface area (Å²) in [5, 5.41) is 0. The molecule has 2 unspecified atom stereocenters. The van der Waals surface area contributed by atoms with E-state index in [1.807, 2.05) is 6.07 Å². The third-order valence-corrected chi connectivity index (χ3v) is 4.73. The van der Waals surface area contributed by atoms with Crippen molar-refractivity contribution in [2.45, 2.75) is 38.6 Å². The maximum Gasteiger partial charge on any atom is 0.0317 e. The van der Waals surface area contributed by atoms with Gasteiger partial charge in [0.15, 0.2) is 0 Å². The number of benzene rings is 1. The van der Waals surface area contributed by atoms with E-state index in [-0.39, 0.29) is 0 Å². The molecule has 0 amide bonds. The SMILES string of the molecule is Nc1cccc(CN2CCC3CCCCC3C2)c1. The van der Waals surface area contributed by atoms with Crippen LogP contribution in [-0.2, 0) is 6.54 Å². The molecule has 1 aromatic carbocycles. The number of nitrogens with two attached hydrogens (primary N) is 1. The smallest absolute Gasteiger partial charge is 0.0317 e. The van der Waals surface area contributed by atoms with Gasteiger partial charge >= 0.3 is 0 Å². The Labute approximate surface area is 110 Å². The minimum atomic E-state index is 0.889. The quantitative estimate of drug-likeness (QED) is 0.809. The molecule has 1 aromatic rings. The van der Waals surface area contributed by atoms with Crippen molar-refractivity contribution in [3.8, 4) is 0 Å². The summed E-state index contributed by atoms with van der Waals surface area (Å²) in [5.41, 5.74) is 8.11. The van der Waals surface area contributed by atoms with Crippen LogP contribution in [0.3, 0.4) is 0 Å². The van der Waals surface area contributed by atoms with Gasteiger partial charge in [-0.2, -0.15) is 0 Å². The molecular formula is C16H24N2. The van der Waals surface area contributed by atoms with Crippen LogP contribution in [0.5, 0.6) is 0 Å². The lowest BCUT2D eigenvalue weighted by Crippen LogP contribution is -2.41. The number of hydrogen-bond acceptors (Lipinski definition) is 2. The molecule has 2 nitrogen and oxygen atoms in total. The zero-order valence-corrected chi connectivity index (χ0v) is 11.1. The van der Waals surface area contributed by atoms with Gasteiger partial charge in [0.05, 0.1) is 0 Å². The molecule has 1 saturated carbocycles. The van der Waals surface area contributed by atoms with Crippen molar-refractivity contribution in [3.63, 3.8) is 0 Å². The van der Waals surface area contributed by atoms with Gasteiger partial charge in [-0.15, -0.1) is 0 Å². The Morgan fingerprint density at radius 2 is 1.94 bits per heavy atom. The topological polar surface area (TPSA) is 29.3 Å². The molecule has 0 spiro atoms. The second kappa shape index (κ2) is 5.31. The summed E-state index contributed by atoms with van der Waals surface area (Å²) in [6.07, 6.45) is 7.27. The van der Waals surface area contributed by atoms with Gasteiger partial charge in [0, 0.05) is 18.8 Å². The third-order valence-electron chi connectivity index (χ3n) is 4.73. The van der Waals surface area contributed by atoms with Crippen molar-refractivity contribution in [1.82, 2.24) is 4.90 Å². The van der Waals surface area contributed by atoms with Crippen molar-refractivity contribution in [2.24, 2.45) is 11.8 Å². The van der Waals surface area contributed by atoms with Gasteiger partial charge in [-0.3, -0.25) is 4.90 Å². The molecule has 2 aliphatic rings. The van der Waals surface area contributed by atoms with Crippen molar-refractivity contribution < 1.29 is 0 Å². The molecule has 2 N–H and O–H groups in total. The molecule has 18 heavy (non-hydrogen) atoms. The average molecular weight is 244 g/mol. The summed E-state index contributed by atoms with van der Waals surface area (Å²) in [4.78, 5) is 2.63. The summed E-state index contributed by atoms with van der Waals surface area (Å²) >= 11 is 0. The molecule has 98 valence electrons. The van der Waals surface area contributed by atoms with Crippen LogP contribution in [0.2, 0.25) is 0 Å². The van der Waals surface area contributed by atoms with Gasteiger partial charge in [-0.1, -0.05) is 31.4 Å². The number of piperidine rings is 1. The molecule has 0 radical (unpaired) electrons. The minimum Gasteiger partial charge on any atom is -0.399 e. The highest BCUT2D eigenvalue weighted by molar-refractivity contribution is 5.40. The largest absolute Gasteiger partial charge is 0.399 e. The van der Waals surface area contributed by atoms with Crippen LogP contribution in [0.25, 0.3) is 0 Å². The van der Waals surface area contributed by atoms with Gasteiger partial charge in [0.1, 0.15) is 0 Å². The van der Waals surface area contributed by atoms with Crippen LogP contribution in [0.4, 0.5) is 5.69 Å². The number of hydrogen-bond donors (Lipinski definition) is 1. The van der Waals surface area contributed by atoms with E-state index in [1.54, 1.807) is 0 Å². The highest BCUT2D eigenvalue weighted by atomic mass is 15.1. The lowest BCUT2D eigenvalue weighted by molar-refractivity contribution is 0.0821. The lowest BCUT2D eigenvalue weighted by Gasteiger charge is -2.41. The van der Waals surface area contributed by atoms with Gasteiger partial charge in [-0.25, -0.2) is 0 Å². The molecule has 1 aliphatic heterocycles.